The molecular formula is C14H10F2N4O3. The molecule has 0 spiro atoms. The molecule has 0 amide bonds. The lowest BCUT2D eigenvalue weighted by Gasteiger charge is -2.06. The Hall–Kier alpha value is -3.10. The van der Waals surface area contributed by atoms with Crippen LogP contribution in [0.2, 0.25) is 0 Å². The maximum atomic E-state index is 12.1. The predicted molar refractivity (Wildman–Crippen MR) is 74.0 cm³/mol. The molecule has 3 aromatic rings. The number of rotatable bonds is 5. The fourth-order valence-corrected chi connectivity index (χ4v) is 1.94. The van der Waals surface area contributed by atoms with Gasteiger partial charge in [0.15, 0.2) is 5.82 Å². The highest BCUT2D eigenvalue weighted by atomic mass is 19.3. The first kappa shape index (κ1) is 14.8. The molecule has 0 bridgehead atoms. The second-order valence-corrected chi connectivity index (χ2v) is 4.45. The van der Waals surface area contributed by atoms with Gasteiger partial charge in [-0.3, -0.25) is 4.52 Å². The number of halogens is 2. The van der Waals surface area contributed by atoms with Crippen molar-refractivity contribution in [1.29, 1.82) is 0 Å². The Morgan fingerprint density at radius 3 is 2.52 bits per heavy atom. The second kappa shape index (κ2) is 6.34. The largest absolute Gasteiger partial charge is 0.442 e. The second-order valence-electron chi connectivity index (χ2n) is 4.45. The summed E-state index contributed by atoms with van der Waals surface area (Å²) in [7, 11) is 0. The first-order valence-corrected chi connectivity index (χ1v) is 6.51. The number of hydrogen-bond acceptors (Lipinski definition) is 6. The molecule has 0 aliphatic rings. The van der Waals surface area contributed by atoms with Gasteiger partial charge >= 0.3 is 12.4 Å². The van der Waals surface area contributed by atoms with E-state index in [0.717, 1.165) is 0 Å². The number of nitrogens with zero attached hydrogens (tertiary/aromatic N) is 4. The monoisotopic (exact) mass is 320 g/mol. The smallest absolute Gasteiger partial charge is 0.435 e. The van der Waals surface area contributed by atoms with E-state index in [0.29, 0.717) is 5.56 Å². The predicted octanol–water partition coefficient (Wildman–Crippen LogP) is 1.94. The van der Waals surface area contributed by atoms with Crippen LogP contribution in [0.25, 0.3) is 11.6 Å². The Morgan fingerprint density at radius 2 is 1.87 bits per heavy atom. The summed E-state index contributed by atoms with van der Waals surface area (Å²) in [5, 5.41) is 3.67. The van der Waals surface area contributed by atoms with E-state index in [-0.39, 0.29) is 23.9 Å². The molecule has 0 N–H and O–H groups in total. The van der Waals surface area contributed by atoms with Gasteiger partial charge in [-0.1, -0.05) is 17.3 Å². The van der Waals surface area contributed by atoms with Crippen LogP contribution in [-0.4, -0.2) is 26.3 Å². The van der Waals surface area contributed by atoms with Crippen molar-refractivity contribution in [3.05, 3.63) is 58.8 Å². The molecule has 0 saturated heterocycles. The van der Waals surface area contributed by atoms with Gasteiger partial charge in [-0.15, -0.1) is 0 Å². The zero-order valence-electron chi connectivity index (χ0n) is 11.6. The molecule has 3 rings (SSSR count). The molecular weight excluding hydrogens is 310 g/mol. The molecule has 23 heavy (non-hydrogen) atoms. The van der Waals surface area contributed by atoms with Crippen molar-refractivity contribution in [3.63, 3.8) is 0 Å². The molecule has 9 heteroatoms. The maximum absolute atomic E-state index is 12.1. The van der Waals surface area contributed by atoms with Crippen LogP contribution in [-0.2, 0) is 6.54 Å². The van der Waals surface area contributed by atoms with Crippen LogP contribution < -0.4 is 10.5 Å². The van der Waals surface area contributed by atoms with Gasteiger partial charge in [0.25, 0.3) is 0 Å². The van der Waals surface area contributed by atoms with Gasteiger partial charge in [0.05, 0.1) is 6.54 Å². The highest BCUT2D eigenvalue weighted by Gasteiger charge is 2.15. The number of alkyl halides is 2. The lowest BCUT2D eigenvalue weighted by atomic mass is 10.2. The van der Waals surface area contributed by atoms with Crippen LogP contribution in [0.15, 0.2) is 52.0 Å². The van der Waals surface area contributed by atoms with Crippen molar-refractivity contribution < 1.29 is 18.0 Å². The molecule has 2 aromatic heterocycles. The highest BCUT2D eigenvalue weighted by molar-refractivity contribution is 5.41. The number of aromatic nitrogens is 4. The molecule has 118 valence electrons. The van der Waals surface area contributed by atoms with Gasteiger partial charge in [0.1, 0.15) is 5.75 Å². The summed E-state index contributed by atoms with van der Waals surface area (Å²) >= 11 is 0. The molecule has 0 atom stereocenters. The third-order valence-electron chi connectivity index (χ3n) is 2.94. The normalized spacial score (nSPS) is 10.9. The van der Waals surface area contributed by atoms with E-state index in [1.54, 1.807) is 18.2 Å². The molecule has 1 aromatic carbocycles. The number of ether oxygens (including phenoxy) is 1. The first-order chi connectivity index (χ1) is 11.1. The van der Waals surface area contributed by atoms with Crippen LogP contribution in [0.1, 0.15) is 5.56 Å². The molecule has 0 fully saturated rings. The molecule has 0 unspecified atom stereocenters. The van der Waals surface area contributed by atoms with Crippen LogP contribution >= 0.6 is 0 Å². The van der Waals surface area contributed by atoms with Gasteiger partial charge in [0, 0.05) is 12.4 Å². The Labute approximate surface area is 128 Å². The number of hydrogen-bond donors (Lipinski definition) is 0. The Bertz CT molecular complexity index is 831. The van der Waals surface area contributed by atoms with Crippen molar-refractivity contribution in [2.45, 2.75) is 13.2 Å². The van der Waals surface area contributed by atoms with Gasteiger partial charge in [0.2, 0.25) is 5.82 Å². The minimum absolute atomic E-state index is 0.0352. The fraction of sp³-hybridized carbons (Fsp3) is 0.143. The summed E-state index contributed by atoms with van der Waals surface area (Å²) in [6, 6.07) is 7.53. The fourth-order valence-electron chi connectivity index (χ4n) is 1.94. The van der Waals surface area contributed by atoms with Crippen LogP contribution in [0, 0.1) is 0 Å². The van der Waals surface area contributed by atoms with E-state index in [2.05, 4.69) is 24.4 Å². The number of benzene rings is 1. The summed E-state index contributed by atoms with van der Waals surface area (Å²) in [6.45, 7) is -2.76. The first-order valence-electron chi connectivity index (χ1n) is 6.51. The lowest BCUT2D eigenvalue weighted by molar-refractivity contribution is -0.0498. The third-order valence-corrected chi connectivity index (χ3v) is 2.94. The SMILES string of the molecule is O=c1onc(-c2ncccn2)n1Cc1ccc(OC(F)F)cc1. The minimum Gasteiger partial charge on any atom is -0.435 e. The van der Waals surface area contributed by atoms with Crippen molar-refractivity contribution in [3.8, 4) is 17.4 Å². The summed E-state index contributed by atoms with van der Waals surface area (Å²) in [5.41, 5.74) is 0.675. The van der Waals surface area contributed by atoms with E-state index in [1.807, 2.05) is 0 Å². The summed E-state index contributed by atoms with van der Waals surface area (Å²) in [4.78, 5) is 19.8. The van der Waals surface area contributed by atoms with E-state index >= 15 is 0 Å². The van der Waals surface area contributed by atoms with E-state index in [1.165, 1.54) is 29.1 Å². The Morgan fingerprint density at radius 1 is 1.17 bits per heavy atom. The lowest BCUT2D eigenvalue weighted by Crippen LogP contribution is -2.17. The van der Waals surface area contributed by atoms with Crippen molar-refractivity contribution in [1.82, 2.24) is 19.7 Å². The molecule has 0 radical (unpaired) electrons. The van der Waals surface area contributed by atoms with Crippen LogP contribution in [0.5, 0.6) is 5.75 Å². The topological polar surface area (TPSA) is 83.0 Å². The van der Waals surface area contributed by atoms with Crippen molar-refractivity contribution in [2.24, 2.45) is 0 Å². The Balaban J connectivity index is 1.86. The summed E-state index contributed by atoms with van der Waals surface area (Å²) in [5.74, 6) is -0.201. The van der Waals surface area contributed by atoms with Crippen molar-refractivity contribution in [2.75, 3.05) is 0 Å². The molecule has 0 saturated carbocycles. The minimum atomic E-state index is -2.89. The average Bonchev–Trinajstić information content (AvgIpc) is 2.91. The van der Waals surface area contributed by atoms with Gasteiger partial charge in [-0.25, -0.2) is 19.3 Å². The van der Waals surface area contributed by atoms with Gasteiger partial charge in [-0.05, 0) is 23.8 Å². The maximum Gasteiger partial charge on any atom is 0.442 e. The summed E-state index contributed by atoms with van der Waals surface area (Å²) < 4.78 is 34.4. The molecule has 7 nitrogen and oxygen atoms in total. The van der Waals surface area contributed by atoms with E-state index in [9.17, 15) is 13.6 Å². The van der Waals surface area contributed by atoms with Crippen LogP contribution in [0.3, 0.4) is 0 Å². The Kier molecular flexibility index (Phi) is 4.09. The van der Waals surface area contributed by atoms with E-state index < -0.39 is 12.4 Å². The van der Waals surface area contributed by atoms with Gasteiger partial charge in [-0.2, -0.15) is 8.78 Å². The third kappa shape index (κ3) is 3.39. The van der Waals surface area contributed by atoms with E-state index in [4.69, 9.17) is 0 Å². The van der Waals surface area contributed by atoms with Crippen molar-refractivity contribution >= 4 is 0 Å². The zero-order chi connectivity index (χ0) is 16.2. The molecule has 2 heterocycles. The zero-order valence-corrected chi connectivity index (χ0v) is 11.6. The average molecular weight is 320 g/mol. The molecule has 0 aliphatic heterocycles. The van der Waals surface area contributed by atoms with Gasteiger partial charge < -0.3 is 4.74 Å². The quantitative estimate of drug-likeness (QED) is 0.714. The van der Waals surface area contributed by atoms with Crippen LogP contribution in [0.4, 0.5) is 8.78 Å². The molecule has 0 aliphatic carbocycles. The highest BCUT2D eigenvalue weighted by Crippen LogP contribution is 2.17. The standard InChI is InChI=1S/C14H10F2N4O3/c15-13(16)22-10-4-2-9(3-5-10)8-20-12(19-23-14(20)21)11-17-6-1-7-18-11/h1-7,13H,8H2. The summed E-state index contributed by atoms with van der Waals surface area (Å²) in [6.07, 6.45) is 3.03.